The third-order valence-electron chi connectivity index (χ3n) is 3.83. The van der Waals surface area contributed by atoms with Gasteiger partial charge in [0.15, 0.2) is 0 Å². The van der Waals surface area contributed by atoms with Gasteiger partial charge in [-0.3, -0.25) is 9.69 Å². The molecule has 0 spiro atoms. The van der Waals surface area contributed by atoms with E-state index in [0.717, 1.165) is 16.9 Å². The fourth-order valence-electron chi connectivity index (χ4n) is 2.57. The average Bonchev–Trinajstić information content (AvgIpc) is 2.60. The molecule has 1 aliphatic heterocycles. The molecule has 3 rings (SSSR count). The van der Waals surface area contributed by atoms with Crippen molar-refractivity contribution in [2.24, 2.45) is 0 Å². The highest BCUT2D eigenvalue weighted by molar-refractivity contribution is 6.30. The molecule has 1 unspecified atom stereocenters. The van der Waals surface area contributed by atoms with Crippen LogP contribution in [-0.2, 0) is 16.1 Å². The predicted molar refractivity (Wildman–Crippen MR) is 95.2 cm³/mol. The molecule has 122 valence electrons. The fraction of sp³-hybridized carbons (Fsp3) is 0.150. The van der Waals surface area contributed by atoms with Gasteiger partial charge in [0, 0.05) is 18.1 Å². The van der Waals surface area contributed by atoms with Crippen LogP contribution >= 0.6 is 11.6 Å². The first-order valence-corrected chi connectivity index (χ1v) is 8.12. The average molecular weight is 340 g/mol. The van der Waals surface area contributed by atoms with Gasteiger partial charge in [0.05, 0.1) is 12.1 Å². The van der Waals surface area contributed by atoms with Crippen molar-refractivity contribution in [2.75, 3.05) is 0 Å². The molecule has 0 saturated carbocycles. The van der Waals surface area contributed by atoms with Gasteiger partial charge >= 0.3 is 0 Å². The Morgan fingerprint density at radius 3 is 2.67 bits per heavy atom. The lowest BCUT2D eigenvalue weighted by molar-refractivity contribution is -0.124. The summed E-state index contributed by atoms with van der Waals surface area (Å²) in [7, 11) is 0. The molecule has 1 atom stereocenters. The van der Waals surface area contributed by atoms with Crippen LogP contribution in [0.4, 0.5) is 0 Å². The molecule has 24 heavy (non-hydrogen) atoms. The van der Waals surface area contributed by atoms with Gasteiger partial charge in [-0.05, 0) is 23.3 Å². The molecule has 0 fully saturated rings. The van der Waals surface area contributed by atoms with Crippen LogP contribution in [0.2, 0.25) is 5.02 Å². The van der Waals surface area contributed by atoms with Gasteiger partial charge in [-0.2, -0.15) is 0 Å². The number of hydrogen-bond donors (Lipinski definition) is 0. The molecule has 0 aromatic heterocycles. The lowest BCUT2D eigenvalue weighted by Gasteiger charge is -2.26. The van der Waals surface area contributed by atoms with E-state index in [1.54, 1.807) is 12.4 Å². The number of rotatable bonds is 4. The second kappa shape index (κ2) is 7.37. The lowest BCUT2D eigenvalue weighted by atomic mass is 9.95. The smallest absolute Gasteiger partial charge is 0.227 e. The second-order valence-electron chi connectivity index (χ2n) is 5.61. The Labute approximate surface area is 146 Å². The van der Waals surface area contributed by atoms with Gasteiger partial charge < -0.3 is 4.74 Å². The SMILES string of the molecule is CC(=O)N1C=CC(c2cccc(Cl)c2)C(OCc2ccccc2)=C1. The minimum atomic E-state index is -0.0667. The normalized spacial score (nSPS) is 16.7. The highest BCUT2D eigenvalue weighted by Gasteiger charge is 2.22. The van der Waals surface area contributed by atoms with E-state index >= 15 is 0 Å². The molecule has 4 heteroatoms. The molecule has 2 aromatic rings. The maximum absolute atomic E-state index is 11.7. The number of carbonyl (C=O) groups excluding carboxylic acids is 1. The summed E-state index contributed by atoms with van der Waals surface area (Å²) in [4.78, 5) is 13.2. The van der Waals surface area contributed by atoms with Gasteiger partial charge in [-0.25, -0.2) is 0 Å². The maximum atomic E-state index is 11.7. The van der Waals surface area contributed by atoms with Crippen LogP contribution in [0.25, 0.3) is 0 Å². The van der Waals surface area contributed by atoms with E-state index in [1.165, 1.54) is 11.8 Å². The Morgan fingerprint density at radius 1 is 1.17 bits per heavy atom. The first kappa shape index (κ1) is 16.3. The third kappa shape index (κ3) is 3.87. The Kier molecular flexibility index (Phi) is 5.02. The van der Waals surface area contributed by atoms with Crippen LogP contribution in [0.1, 0.15) is 24.0 Å². The standard InChI is InChI=1S/C20H18ClNO2/c1-15(23)22-11-10-19(17-8-5-9-18(21)12-17)20(13-22)24-14-16-6-3-2-4-7-16/h2-13,19H,14H2,1H3. The highest BCUT2D eigenvalue weighted by atomic mass is 35.5. The minimum absolute atomic E-state index is 0.0587. The Bertz CT molecular complexity index is 783. The Morgan fingerprint density at radius 2 is 1.96 bits per heavy atom. The van der Waals surface area contributed by atoms with E-state index < -0.39 is 0 Å². The highest BCUT2D eigenvalue weighted by Crippen LogP contribution is 2.32. The molecule has 0 radical (unpaired) electrons. The zero-order valence-electron chi connectivity index (χ0n) is 13.4. The molecule has 3 nitrogen and oxygen atoms in total. The van der Waals surface area contributed by atoms with Crippen molar-refractivity contribution >= 4 is 17.5 Å². The minimum Gasteiger partial charge on any atom is -0.491 e. The molecule has 1 heterocycles. The summed E-state index contributed by atoms with van der Waals surface area (Å²) in [5.41, 5.74) is 2.11. The number of carbonyl (C=O) groups is 1. The van der Waals surface area contributed by atoms with Crippen LogP contribution in [0, 0.1) is 0 Å². The Hall–Kier alpha value is -2.52. The molecular formula is C20H18ClNO2. The molecule has 0 bridgehead atoms. The van der Waals surface area contributed by atoms with E-state index in [-0.39, 0.29) is 11.8 Å². The number of hydrogen-bond acceptors (Lipinski definition) is 2. The fourth-order valence-corrected chi connectivity index (χ4v) is 2.77. The second-order valence-corrected chi connectivity index (χ2v) is 6.04. The topological polar surface area (TPSA) is 29.5 Å². The first-order chi connectivity index (χ1) is 11.6. The van der Waals surface area contributed by atoms with Crippen molar-refractivity contribution in [1.29, 1.82) is 0 Å². The molecule has 0 aliphatic carbocycles. The Balaban J connectivity index is 1.85. The number of nitrogens with zero attached hydrogens (tertiary/aromatic N) is 1. The summed E-state index contributed by atoms with van der Waals surface area (Å²) in [6.07, 6.45) is 5.47. The first-order valence-electron chi connectivity index (χ1n) is 7.74. The summed E-state index contributed by atoms with van der Waals surface area (Å²) >= 11 is 6.11. The van der Waals surface area contributed by atoms with Crippen molar-refractivity contribution in [3.8, 4) is 0 Å². The molecule has 1 aliphatic rings. The van der Waals surface area contributed by atoms with E-state index in [4.69, 9.17) is 16.3 Å². The summed E-state index contributed by atoms with van der Waals surface area (Å²) in [6, 6.07) is 17.6. The van der Waals surface area contributed by atoms with E-state index in [2.05, 4.69) is 0 Å². The van der Waals surface area contributed by atoms with Crippen LogP contribution < -0.4 is 0 Å². The van der Waals surface area contributed by atoms with Gasteiger partial charge in [-0.15, -0.1) is 0 Å². The van der Waals surface area contributed by atoms with Gasteiger partial charge in [0.25, 0.3) is 0 Å². The van der Waals surface area contributed by atoms with Crippen LogP contribution in [-0.4, -0.2) is 10.8 Å². The molecule has 0 N–H and O–H groups in total. The monoisotopic (exact) mass is 339 g/mol. The predicted octanol–water partition coefficient (Wildman–Crippen LogP) is 4.86. The lowest BCUT2D eigenvalue weighted by Crippen LogP contribution is -2.22. The quantitative estimate of drug-likeness (QED) is 0.796. The largest absolute Gasteiger partial charge is 0.491 e. The molecule has 0 saturated heterocycles. The van der Waals surface area contributed by atoms with Crippen LogP contribution in [0.3, 0.4) is 0 Å². The van der Waals surface area contributed by atoms with Crippen molar-refractivity contribution < 1.29 is 9.53 Å². The van der Waals surface area contributed by atoms with E-state index in [1.807, 2.05) is 60.7 Å². The van der Waals surface area contributed by atoms with E-state index in [0.29, 0.717) is 11.6 Å². The molecule has 2 aromatic carbocycles. The van der Waals surface area contributed by atoms with Crippen molar-refractivity contribution in [3.05, 3.63) is 95.0 Å². The zero-order valence-corrected chi connectivity index (χ0v) is 14.1. The number of allylic oxidation sites excluding steroid dienone is 1. The summed E-state index contributed by atoms with van der Waals surface area (Å²) in [5, 5.41) is 0.678. The number of benzene rings is 2. The van der Waals surface area contributed by atoms with E-state index in [9.17, 15) is 4.79 Å². The van der Waals surface area contributed by atoms with Crippen molar-refractivity contribution in [3.63, 3.8) is 0 Å². The number of halogens is 1. The zero-order chi connectivity index (χ0) is 16.9. The summed E-state index contributed by atoms with van der Waals surface area (Å²) in [5.74, 6) is 0.596. The summed E-state index contributed by atoms with van der Waals surface area (Å²) < 4.78 is 6.03. The van der Waals surface area contributed by atoms with Gasteiger partial charge in [-0.1, -0.05) is 60.1 Å². The van der Waals surface area contributed by atoms with Gasteiger partial charge in [0.2, 0.25) is 5.91 Å². The van der Waals surface area contributed by atoms with Crippen LogP contribution in [0.5, 0.6) is 0 Å². The van der Waals surface area contributed by atoms with Crippen molar-refractivity contribution in [2.45, 2.75) is 19.4 Å². The number of amides is 1. The van der Waals surface area contributed by atoms with Crippen LogP contribution in [0.15, 0.2) is 78.8 Å². The molecule has 1 amide bonds. The third-order valence-corrected chi connectivity index (χ3v) is 4.07. The molecular weight excluding hydrogens is 322 g/mol. The van der Waals surface area contributed by atoms with Crippen molar-refractivity contribution in [1.82, 2.24) is 4.90 Å². The van der Waals surface area contributed by atoms with Gasteiger partial charge in [0.1, 0.15) is 12.4 Å². The number of ether oxygens (including phenoxy) is 1. The summed E-state index contributed by atoms with van der Waals surface area (Å²) in [6.45, 7) is 1.97. The maximum Gasteiger partial charge on any atom is 0.227 e.